The summed E-state index contributed by atoms with van der Waals surface area (Å²) in [6.45, 7) is 5.65. The molecule has 0 aromatic heterocycles. The molecule has 0 spiro atoms. The summed E-state index contributed by atoms with van der Waals surface area (Å²) >= 11 is 0. The number of β-lactam (4-membered cyclic amide) rings is 1. The summed E-state index contributed by atoms with van der Waals surface area (Å²) in [4.78, 5) is 10.8. The SMILES string of the molecule is C=CCC[C@@H]1C(=O)N[C@H]1C. The van der Waals surface area contributed by atoms with Crippen molar-refractivity contribution in [2.45, 2.75) is 25.8 Å². The molecule has 1 amide bonds. The second-order valence-electron chi connectivity index (χ2n) is 2.77. The Morgan fingerprint density at radius 1 is 1.80 bits per heavy atom. The van der Waals surface area contributed by atoms with Gasteiger partial charge in [-0.15, -0.1) is 6.58 Å². The van der Waals surface area contributed by atoms with E-state index in [-0.39, 0.29) is 11.8 Å². The van der Waals surface area contributed by atoms with E-state index in [0.29, 0.717) is 6.04 Å². The maximum atomic E-state index is 10.8. The van der Waals surface area contributed by atoms with Crippen molar-refractivity contribution in [1.82, 2.24) is 5.32 Å². The first kappa shape index (κ1) is 7.32. The van der Waals surface area contributed by atoms with Crippen LogP contribution in [0.2, 0.25) is 0 Å². The molecule has 1 aliphatic heterocycles. The van der Waals surface area contributed by atoms with Crippen molar-refractivity contribution in [3.63, 3.8) is 0 Å². The minimum Gasteiger partial charge on any atom is -0.353 e. The summed E-state index contributed by atoms with van der Waals surface area (Å²) < 4.78 is 0. The smallest absolute Gasteiger partial charge is 0.225 e. The van der Waals surface area contributed by atoms with Crippen LogP contribution >= 0.6 is 0 Å². The topological polar surface area (TPSA) is 29.1 Å². The minimum atomic E-state index is 0.203. The molecular weight excluding hydrogens is 126 g/mol. The average molecular weight is 139 g/mol. The lowest BCUT2D eigenvalue weighted by molar-refractivity contribution is -0.134. The van der Waals surface area contributed by atoms with Gasteiger partial charge in [0.2, 0.25) is 5.91 Å². The Morgan fingerprint density at radius 2 is 2.50 bits per heavy atom. The van der Waals surface area contributed by atoms with Crippen molar-refractivity contribution in [3.8, 4) is 0 Å². The zero-order chi connectivity index (χ0) is 7.56. The van der Waals surface area contributed by atoms with Gasteiger partial charge in [-0.1, -0.05) is 6.08 Å². The molecule has 0 unspecified atom stereocenters. The summed E-state index contributed by atoms with van der Waals surface area (Å²) in [6, 6.07) is 0.382. The van der Waals surface area contributed by atoms with Gasteiger partial charge in [0.05, 0.1) is 5.92 Å². The van der Waals surface area contributed by atoms with E-state index in [2.05, 4.69) is 11.9 Å². The van der Waals surface area contributed by atoms with Gasteiger partial charge in [-0.05, 0) is 19.8 Å². The number of carbonyl (C=O) groups is 1. The Morgan fingerprint density at radius 3 is 2.90 bits per heavy atom. The van der Waals surface area contributed by atoms with Gasteiger partial charge in [-0.2, -0.15) is 0 Å². The van der Waals surface area contributed by atoms with Crippen molar-refractivity contribution < 1.29 is 4.79 Å². The van der Waals surface area contributed by atoms with Gasteiger partial charge in [0.1, 0.15) is 0 Å². The maximum Gasteiger partial charge on any atom is 0.225 e. The first-order valence-corrected chi connectivity index (χ1v) is 3.67. The van der Waals surface area contributed by atoms with Crippen molar-refractivity contribution in [3.05, 3.63) is 12.7 Å². The van der Waals surface area contributed by atoms with E-state index in [9.17, 15) is 4.79 Å². The number of allylic oxidation sites excluding steroid dienone is 1. The van der Waals surface area contributed by atoms with E-state index in [1.165, 1.54) is 0 Å². The normalized spacial score (nSPS) is 30.7. The molecule has 1 fully saturated rings. The Kier molecular flexibility index (Phi) is 2.10. The summed E-state index contributed by atoms with van der Waals surface area (Å²) in [5.74, 6) is 0.451. The van der Waals surface area contributed by atoms with Gasteiger partial charge in [0, 0.05) is 6.04 Å². The summed E-state index contributed by atoms with van der Waals surface area (Å²) in [6.07, 6.45) is 3.76. The fourth-order valence-electron chi connectivity index (χ4n) is 1.24. The molecule has 1 N–H and O–H groups in total. The van der Waals surface area contributed by atoms with E-state index >= 15 is 0 Å². The third-order valence-corrected chi connectivity index (χ3v) is 1.99. The molecule has 0 radical (unpaired) electrons. The molecule has 2 heteroatoms. The van der Waals surface area contributed by atoms with Crippen molar-refractivity contribution >= 4 is 5.91 Å². The molecule has 0 aliphatic carbocycles. The number of amides is 1. The van der Waals surface area contributed by atoms with Gasteiger partial charge in [-0.25, -0.2) is 0 Å². The highest BCUT2D eigenvalue weighted by atomic mass is 16.2. The van der Waals surface area contributed by atoms with Crippen molar-refractivity contribution in [2.75, 3.05) is 0 Å². The third-order valence-electron chi connectivity index (χ3n) is 1.99. The number of hydrogen-bond acceptors (Lipinski definition) is 1. The minimum absolute atomic E-state index is 0.203. The Bertz CT molecular complexity index is 153. The van der Waals surface area contributed by atoms with Crippen molar-refractivity contribution in [1.29, 1.82) is 0 Å². The lowest BCUT2D eigenvalue weighted by Crippen LogP contribution is -2.56. The maximum absolute atomic E-state index is 10.8. The highest BCUT2D eigenvalue weighted by Gasteiger charge is 2.34. The molecule has 56 valence electrons. The molecule has 0 aromatic carbocycles. The predicted octanol–water partition coefficient (Wildman–Crippen LogP) is 1.09. The third kappa shape index (κ3) is 1.20. The molecule has 2 nitrogen and oxygen atoms in total. The Hall–Kier alpha value is -0.790. The van der Waals surface area contributed by atoms with E-state index in [1.54, 1.807) is 0 Å². The molecule has 1 heterocycles. The zero-order valence-electron chi connectivity index (χ0n) is 6.26. The molecule has 0 bridgehead atoms. The lowest BCUT2D eigenvalue weighted by atomic mass is 9.88. The van der Waals surface area contributed by atoms with Crippen LogP contribution in [0.3, 0.4) is 0 Å². The van der Waals surface area contributed by atoms with Crippen LogP contribution in [-0.4, -0.2) is 11.9 Å². The summed E-state index contributed by atoms with van der Waals surface area (Å²) in [5.41, 5.74) is 0. The van der Waals surface area contributed by atoms with E-state index < -0.39 is 0 Å². The van der Waals surface area contributed by atoms with Crippen LogP contribution in [0.15, 0.2) is 12.7 Å². The van der Waals surface area contributed by atoms with Gasteiger partial charge < -0.3 is 5.32 Å². The number of rotatable bonds is 3. The molecule has 2 atom stereocenters. The van der Waals surface area contributed by atoms with Crippen LogP contribution in [0.4, 0.5) is 0 Å². The zero-order valence-corrected chi connectivity index (χ0v) is 6.26. The van der Waals surface area contributed by atoms with Crippen LogP contribution in [0.25, 0.3) is 0 Å². The molecule has 10 heavy (non-hydrogen) atoms. The average Bonchev–Trinajstić information content (AvgIpc) is 1.89. The van der Waals surface area contributed by atoms with Crippen LogP contribution in [0.5, 0.6) is 0 Å². The van der Waals surface area contributed by atoms with E-state index in [0.717, 1.165) is 12.8 Å². The molecular formula is C8H13NO. The van der Waals surface area contributed by atoms with Crippen LogP contribution in [0.1, 0.15) is 19.8 Å². The van der Waals surface area contributed by atoms with Gasteiger partial charge in [0.25, 0.3) is 0 Å². The van der Waals surface area contributed by atoms with E-state index in [4.69, 9.17) is 0 Å². The van der Waals surface area contributed by atoms with Gasteiger partial charge in [0.15, 0.2) is 0 Å². The molecule has 0 aromatic rings. The molecule has 1 rings (SSSR count). The molecule has 1 aliphatic rings. The summed E-state index contributed by atoms with van der Waals surface area (Å²) in [7, 11) is 0. The predicted molar refractivity (Wildman–Crippen MR) is 40.5 cm³/mol. The standard InChI is InChI=1S/C8H13NO/c1-3-4-5-7-6(2)9-8(7)10/h3,6-7H,1,4-5H2,2H3,(H,9,10)/t6-,7-/m0/s1. The monoisotopic (exact) mass is 139 g/mol. The largest absolute Gasteiger partial charge is 0.353 e. The number of nitrogens with one attached hydrogen (secondary N) is 1. The fourth-order valence-corrected chi connectivity index (χ4v) is 1.24. The second kappa shape index (κ2) is 2.86. The highest BCUT2D eigenvalue weighted by molar-refractivity contribution is 5.85. The lowest BCUT2D eigenvalue weighted by Gasteiger charge is -2.33. The number of carbonyl (C=O) groups excluding carboxylic acids is 1. The van der Waals surface area contributed by atoms with Crippen LogP contribution in [0, 0.1) is 5.92 Å². The van der Waals surface area contributed by atoms with Crippen LogP contribution in [-0.2, 0) is 4.79 Å². The fraction of sp³-hybridized carbons (Fsp3) is 0.625. The second-order valence-corrected chi connectivity index (χ2v) is 2.77. The summed E-state index contributed by atoms with van der Waals surface area (Å²) in [5, 5.41) is 2.79. The van der Waals surface area contributed by atoms with Crippen LogP contribution < -0.4 is 5.32 Å². The Labute approximate surface area is 61.3 Å². The van der Waals surface area contributed by atoms with E-state index in [1.807, 2.05) is 13.0 Å². The quantitative estimate of drug-likeness (QED) is 0.460. The van der Waals surface area contributed by atoms with Gasteiger partial charge in [-0.3, -0.25) is 4.79 Å². The number of hydrogen-bond donors (Lipinski definition) is 1. The highest BCUT2D eigenvalue weighted by Crippen LogP contribution is 2.19. The first-order valence-electron chi connectivity index (χ1n) is 3.67. The van der Waals surface area contributed by atoms with Crippen molar-refractivity contribution in [2.24, 2.45) is 5.92 Å². The molecule has 1 saturated heterocycles. The van der Waals surface area contributed by atoms with Gasteiger partial charge >= 0.3 is 0 Å². The molecule has 0 saturated carbocycles. The Balaban J connectivity index is 2.26. The first-order chi connectivity index (χ1) is 4.75.